The monoisotopic (exact) mass is 1030 g/mol. The lowest BCUT2D eigenvalue weighted by atomic mass is 10.1. The van der Waals surface area contributed by atoms with Gasteiger partial charge in [0.05, 0.1) is 74.5 Å². The van der Waals surface area contributed by atoms with Gasteiger partial charge in [0.1, 0.15) is 23.6 Å². The summed E-state index contributed by atoms with van der Waals surface area (Å²) in [6, 6.07) is 40.9. The molecule has 17 heteroatoms. The van der Waals surface area contributed by atoms with Crippen LogP contribution in [-0.4, -0.2) is 63.4 Å². The maximum atomic E-state index is 9.75. The fourth-order valence-corrected chi connectivity index (χ4v) is 7.16. The van der Waals surface area contributed by atoms with Crippen LogP contribution in [0.4, 0.5) is 17.1 Å². The molecular weight excluding hydrogens is 979 g/mol. The predicted octanol–water partition coefficient (Wildman–Crippen LogP) is 14.1. The number of aromatic nitrogens is 2. The molecule has 8 rings (SSSR count). The molecule has 0 saturated heterocycles. The molecule has 0 bridgehead atoms. The van der Waals surface area contributed by atoms with Crippen molar-refractivity contribution < 1.29 is 37.9 Å². The van der Waals surface area contributed by atoms with Crippen molar-refractivity contribution in [3.05, 3.63) is 150 Å². The van der Waals surface area contributed by atoms with E-state index in [1.165, 1.54) is 12.4 Å². The SMILES string of the molecule is C.COc1cc2c(Cl)c(C#N)cnc2cc1OCCCCl.COc1cc2c(Nc3cccc(Oc4ccccc4OC)c3)c(C#N)cnc2cc1OCCCCl.COc1ccccc1Oc1cccc(N)c1. The number of nitriles is 2. The molecule has 8 aromatic rings. The molecule has 0 unspecified atom stereocenters. The van der Waals surface area contributed by atoms with Crippen molar-refractivity contribution in [2.24, 2.45) is 0 Å². The lowest BCUT2D eigenvalue weighted by molar-refractivity contribution is 0.295. The largest absolute Gasteiger partial charge is 0.493 e. The topological polar surface area (TPSA) is 185 Å². The summed E-state index contributed by atoms with van der Waals surface area (Å²) < 4.78 is 44.5. The molecule has 0 amide bonds. The number of methoxy groups -OCH3 is 4. The first-order valence-corrected chi connectivity index (χ1v) is 23.3. The zero-order chi connectivity index (χ0) is 50.5. The number of rotatable bonds is 18. The molecule has 0 fully saturated rings. The van der Waals surface area contributed by atoms with Crippen LogP contribution in [0.25, 0.3) is 21.8 Å². The molecular formula is C55H53Cl3N6O8. The van der Waals surface area contributed by atoms with Gasteiger partial charge in [-0.05, 0) is 73.5 Å². The van der Waals surface area contributed by atoms with Crippen LogP contribution in [0.3, 0.4) is 0 Å². The van der Waals surface area contributed by atoms with E-state index in [9.17, 15) is 5.26 Å². The van der Waals surface area contributed by atoms with Crippen molar-refractivity contribution in [1.29, 1.82) is 10.5 Å². The summed E-state index contributed by atoms with van der Waals surface area (Å²) in [5.74, 6) is 7.21. The minimum atomic E-state index is 0. The number of fused-ring (bicyclic) bond motifs is 2. The highest BCUT2D eigenvalue weighted by Gasteiger charge is 2.16. The number of pyridine rings is 2. The molecule has 0 saturated carbocycles. The van der Waals surface area contributed by atoms with Gasteiger partial charge in [-0.25, -0.2) is 0 Å². The van der Waals surface area contributed by atoms with Crippen molar-refractivity contribution in [2.75, 3.05) is 64.5 Å². The van der Waals surface area contributed by atoms with Gasteiger partial charge in [0.2, 0.25) is 0 Å². The maximum absolute atomic E-state index is 9.75. The zero-order valence-electron chi connectivity index (χ0n) is 39.2. The third-order valence-corrected chi connectivity index (χ3v) is 11.0. The molecule has 0 aliphatic rings. The van der Waals surface area contributed by atoms with Crippen LogP contribution in [0.1, 0.15) is 31.4 Å². The first kappa shape index (κ1) is 54.9. The number of benzene rings is 6. The van der Waals surface area contributed by atoms with Crippen LogP contribution >= 0.6 is 34.8 Å². The summed E-state index contributed by atoms with van der Waals surface area (Å²) in [5, 5.41) is 23.8. The molecule has 72 heavy (non-hydrogen) atoms. The Balaban J connectivity index is 0.000000220. The van der Waals surface area contributed by atoms with Gasteiger partial charge >= 0.3 is 0 Å². The van der Waals surface area contributed by atoms with Crippen LogP contribution < -0.4 is 48.9 Å². The van der Waals surface area contributed by atoms with Crippen LogP contribution in [0.15, 0.2) is 134 Å². The molecule has 0 atom stereocenters. The molecule has 14 nitrogen and oxygen atoms in total. The first-order valence-electron chi connectivity index (χ1n) is 21.9. The predicted molar refractivity (Wildman–Crippen MR) is 286 cm³/mol. The fraction of sp³-hybridized carbons (Fsp3) is 0.200. The summed E-state index contributed by atoms with van der Waals surface area (Å²) in [5.41, 5.74) is 9.73. The highest BCUT2D eigenvalue weighted by atomic mass is 35.5. The van der Waals surface area contributed by atoms with Gasteiger partial charge in [-0.3, -0.25) is 9.97 Å². The molecule has 0 aliphatic carbocycles. The van der Waals surface area contributed by atoms with E-state index in [-0.39, 0.29) is 7.43 Å². The fourth-order valence-electron chi connectivity index (χ4n) is 6.70. The first-order chi connectivity index (χ1) is 34.7. The molecule has 372 valence electrons. The minimum Gasteiger partial charge on any atom is -0.493 e. The second-order valence-electron chi connectivity index (χ2n) is 14.8. The minimum absolute atomic E-state index is 0. The van der Waals surface area contributed by atoms with E-state index in [2.05, 4.69) is 21.4 Å². The highest BCUT2D eigenvalue weighted by Crippen LogP contribution is 2.39. The van der Waals surface area contributed by atoms with Gasteiger partial charge in [-0.15, -0.1) is 23.2 Å². The highest BCUT2D eigenvalue weighted by molar-refractivity contribution is 6.36. The second-order valence-corrected chi connectivity index (χ2v) is 15.9. The molecule has 0 spiro atoms. The van der Waals surface area contributed by atoms with Crippen LogP contribution in [0, 0.1) is 22.7 Å². The number of nitrogens with one attached hydrogen (secondary N) is 1. The number of nitrogen functional groups attached to an aromatic ring is 1. The number of anilines is 3. The zero-order valence-corrected chi connectivity index (χ0v) is 41.5. The van der Waals surface area contributed by atoms with Gasteiger partial charge in [-0.2, -0.15) is 10.5 Å². The van der Waals surface area contributed by atoms with E-state index in [4.69, 9.17) is 83.7 Å². The van der Waals surface area contributed by atoms with Crippen molar-refractivity contribution in [1.82, 2.24) is 9.97 Å². The van der Waals surface area contributed by atoms with Crippen molar-refractivity contribution in [3.8, 4) is 69.6 Å². The lowest BCUT2D eigenvalue weighted by Gasteiger charge is -2.16. The van der Waals surface area contributed by atoms with Gasteiger partial charge < -0.3 is 48.9 Å². The Kier molecular flexibility index (Phi) is 21.4. The average molecular weight is 1030 g/mol. The van der Waals surface area contributed by atoms with Crippen LogP contribution in [0.5, 0.6) is 57.5 Å². The standard InChI is InChI=1S/C27H24ClN3O4.C14H12Cl2N2O2.C13H13NO2.CH4/c1-32-23-9-3-4-10-24(23)35-20-8-5-7-19(13-20)31-27-18(16-29)17-30-22-15-26(34-12-6-11-28)25(33-2)14-21(22)27;1-19-12-5-10-11(6-13(12)20-4-2-3-15)18-8-9(7-17)14(10)16;1-15-12-7-2-3-8-13(12)16-11-6-4-5-10(14)9-11;/h3-5,7-10,13-15,17H,6,11-12H2,1-2H3,(H,30,31);5-6,8H,2-4H2,1H3;2-9H,14H2,1H3;1H4. The quantitative estimate of drug-likeness (QED) is 0.0470. The lowest BCUT2D eigenvalue weighted by Crippen LogP contribution is -2.02. The molecule has 6 aromatic carbocycles. The molecule has 2 aromatic heterocycles. The van der Waals surface area contributed by atoms with Crippen molar-refractivity contribution >= 4 is 73.7 Å². The molecule has 0 radical (unpaired) electrons. The maximum Gasteiger partial charge on any atom is 0.169 e. The second kappa shape index (κ2) is 28.0. The van der Waals surface area contributed by atoms with Gasteiger partial charge in [-0.1, -0.05) is 55.4 Å². The van der Waals surface area contributed by atoms with E-state index in [0.717, 1.165) is 17.5 Å². The number of alkyl halides is 2. The summed E-state index contributed by atoms with van der Waals surface area (Å²) in [4.78, 5) is 8.66. The third kappa shape index (κ3) is 14.5. The summed E-state index contributed by atoms with van der Waals surface area (Å²) in [6.07, 6.45) is 4.43. The Bertz CT molecular complexity index is 3150. The molecule has 3 N–H and O–H groups in total. The number of ether oxygens (including phenoxy) is 8. The number of hydrogen-bond donors (Lipinski definition) is 2. The van der Waals surface area contributed by atoms with E-state index >= 15 is 0 Å². The number of nitrogens with zero attached hydrogens (tertiary/aromatic N) is 4. The normalized spacial score (nSPS) is 10.1. The van der Waals surface area contributed by atoms with E-state index in [0.29, 0.717) is 133 Å². The Labute approximate surface area is 434 Å². The summed E-state index contributed by atoms with van der Waals surface area (Å²) >= 11 is 17.6. The molecule has 2 heterocycles. The van der Waals surface area contributed by atoms with Crippen molar-refractivity contribution in [2.45, 2.75) is 20.3 Å². The van der Waals surface area contributed by atoms with Crippen LogP contribution in [-0.2, 0) is 0 Å². The van der Waals surface area contributed by atoms with Gasteiger partial charge in [0.25, 0.3) is 0 Å². The average Bonchev–Trinajstić information content (AvgIpc) is 3.39. The number of nitrogens with two attached hydrogens (primary N) is 1. The van der Waals surface area contributed by atoms with Gasteiger partial charge in [0.15, 0.2) is 46.0 Å². The number of halogens is 3. The molecule has 0 aliphatic heterocycles. The van der Waals surface area contributed by atoms with E-state index in [1.54, 1.807) is 52.7 Å². The smallest absolute Gasteiger partial charge is 0.169 e. The Hall–Kier alpha value is -8.01. The Morgan fingerprint density at radius 2 is 1.01 bits per heavy atom. The van der Waals surface area contributed by atoms with E-state index in [1.807, 2.05) is 103 Å². The third-order valence-electron chi connectivity index (χ3n) is 10.1. The number of para-hydroxylation sites is 4. The summed E-state index contributed by atoms with van der Waals surface area (Å²) in [7, 11) is 6.33. The number of hydrogen-bond acceptors (Lipinski definition) is 14. The van der Waals surface area contributed by atoms with Crippen molar-refractivity contribution in [3.63, 3.8) is 0 Å². The van der Waals surface area contributed by atoms with Crippen LogP contribution in [0.2, 0.25) is 5.02 Å². The summed E-state index contributed by atoms with van der Waals surface area (Å²) in [6.45, 7) is 0.959. The van der Waals surface area contributed by atoms with E-state index < -0.39 is 0 Å². The van der Waals surface area contributed by atoms with Gasteiger partial charge in [0, 0.05) is 70.6 Å². The Morgan fingerprint density at radius 3 is 1.51 bits per heavy atom. The Morgan fingerprint density at radius 1 is 0.542 bits per heavy atom.